The first kappa shape index (κ1) is 20.5. The molecule has 10 heteroatoms. The summed E-state index contributed by atoms with van der Waals surface area (Å²) in [5, 5.41) is 16.1. The molecule has 0 bridgehead atoms. The molecule has 4 aromatic rings. The average Bonchev–Trinajstić information content (AvgIpc) is 2.74. The lowest BCUT2D eigenvalue weighted by atomic mass is 10.1. The van der Waals surface area contributed by atoms with Crippen molar-refractivity contribution in [2.75, 3.05) is 22.3 Å². The highest BCUT2D eigenvalue weighted by molar-refractivity contribution is 7.92. The summed E-state index contributed by atoms with van der Waals surface area (Å²) in [6, 6.07) is 18.8. The van der Waals surface area contributed by atoms with E-state index >= 15 is 0 Å². The zero-order chi connectivity index (χ0) is 22.0. The molecule has 9 nitrogen and oxygen atoms in total. The van der Waals surface area contributed by atoms with Crippen molar-refractivity contribution in [3.8, 4) is 0 Å². The SMILES string of the molecule is NCCS(=O)(=O)Nc1ccc(Nc2c3ccccc3nc3cc([N+](=O)[O-])ccc23)cc1. The van der Waals surface area contributed by atoms with Gasteiger partial charge in [-0.3, -0.25) is 14.8 Å². The molecule has 0 fully saturated rings. The smallest absolute Gasteiger partial charge is 0.271 e. The first-order valence-electron chi connectivity index (χ1n) is 9.41. The number of fused-ring (bicyclic) bond motifs is 2. The number of nitrogens with one attached hydrogen (secondary N) is 2. The van der Waals surface area contributed by atoms with E-state index in [-0.39, 0.29) is 18.0 Å². The van der Waals surface area contributed by atoms with Crippen LogP contribution in [-0.4, -0.2) is 30.6 Å². The minimum atomic E-state index is -3.48. The maximum Gasteiger partial charge on any atom is 0.271 e. The van der Waals surface area contributed by atoms with Crippen LogP contribution in [0.15, 0.2) is 66.7 Å². The third-order valence-electron chi connectivity index (χ3n) is 4.69. The molecule has 0 aliphatic heterocycles. The number of nitrogens with zero attached hydrogens (tertiary/aromatic N) is 2. The average molecular weight is 437 g/mol. The van der Waals surface area contributed by atoms with E-state index in [1.54, 1.807) is 30.3 Å². The van der Waals surface area contributed by atoms with Gasteiger partial charge in [-0.25, -0.2) is 13.4 Å². The molecular weight excluding hydrogens is 418 g/mol. The van der Waals surface area contributed by atoms with Crippen molar-refractivity contribution in [2.24, 2.45) is 5.73 Å². The van der Waals surface area contributed by atoms with Crippen LogP contribution in [0.1, 0.15) is 0 Å². The van der Waals surface area contributed by atoms with Crippen LogP contribution >= 0.6 is 0 Å². The Morgan fingerprint density at radius 1 is 0.935 bits per heavy atom. The Kier molecular flexibility index (Phi) is 5.40. The Labute approximate surface area is 178 Å². The van der Waals surface area contributed by atoms with E-state index in [1.165, 1.54) is 12.1 Å². The van der Waals surface area contributed by atoms with Gasteiger partial charge in [-0.1, -0.05) is 18.2 Å². The van der Waals surface area contributed by atoms with Crippen molar-refractivity contribution in [1.29, 1.82) is 0 Å². The number of nitro benzene ring substituents is 1. The lowest BCUT2D eigenvalue weighted by Crippen LogP contribution is -2.22. The number of anilines is 3. The van der Waals surface area contributed by atoms with Gasteiger partial charge in [0, 0.05) is 40.8 Å². The predicted molar refractivity (Wildman–Crippen MR) is 122 cm³/mol. The van der Waals surface area contributed by atoms with Crippen LogP contribution in [0.5, 0.6) is 0 Å². The number of nitro groups is 1. The minimum absolute atomic E-state index is 0.0321. The fourth-order valence-electron chi connectivity index (χ4n) is 3.28. The second kappa shape index (κ2) is 8.17. The van der Waals surface area contributed by atoms with Gasteiger partial charge in [0.2, 0.25) is 10.0 Å². The summed E-state index contributed by atoms with van der Waals surface area (Å²) < 4.78 is 26.2. The fourth-order valence-corrected chi connectivity index (χ4v) is 4.19. The van der Waals surface area contributed by atoms with E-state index in [1.807, 2.05) is 24.3 Å². The summed E-state index contributed by atoms with van der Waals surface area (Å²) in [6.45, 7) is 0.0370. The van der Waals surface area contributed by atoms with Crippen LogP contribution in [0.25, 0.3) is 21.8 Å². The molecule has 0 aliphatic rings. The third kappa shape index (κ3) is 4.39. The van der Waals surface area contributed by atoms with E-state index in [0.29, 0.717) is 16.7 Å². The molecule has 0 saturated carbocycles. The second-order valence-corrected chi connectivity index (χ2v) is 8.72. The Hall–Kier alpha value is -3.76. The number of rotatable bonds is 7. The van der Waals surface area contributed by atoms with Gasteiger partial charge >= 0.3 is 0 Å². The number of sulfonamides is 1. The molecule has 158 valence electrons. The Morgan fingerprint density at radius 2 is 1.61 bits per heavy atom. The van der Waals surface area contributed by atoms with Crippen LogP contribution in [0.4, 0.5) is 22.7 Å². The monoisotopic (exact) mass is 437 g/mol. The van der Waals surface area contributed by atoms with E-state index in [2.05, 4.69) is 15.0 Å². The van der Waals surface area contributed by atoms with Crippen molar-refractivity contribution in [1.82, 2.24) is 4.98 Å². The van der Waals surface area contributed by atoms with Crippen LogP contribution in [0, 0.1) is 10.1 Å². The number of hydrogen-bond acceptors (Lipinski definition) is 7. The quantitative estimate of drug-likeness (QED) is 0.227. The maximum absolute atomic E-state index is 11.9. The summed E-state index contributed by atoms with van der Waals surface area (Å²) in [5.41, 5.74) is 8.40. The Balaban J connectivity index is 1.74. The summed E-state index contributed by atoms with van der Waals surface area (Å²) in [7, 11) is -3.48. The van der Waals surface area contributed by atoms with Gasteiger partial charge in [-0.2, -0.15) is 0 Å². The molecule has 3 aromatic carbocycles. The van der Waals surface area contributed by atoms with Gasteiger partial charge < -0.3 is 11.1 Å². The molecule has 0 spiro atoms. The number of non-ortho nitro benzene ring substituents is 1. The van der Waals surface area contributed by atoms with Crippen molar-refractivity contribution < 1.29 is 13.3 Å². The van der Waals surface area contributed by atoms with E-state index < -0.39 is 14.9 Å². The van der Waals surface area contributed by atoms with E-state index in [9.17, 15) is 18.5 Å². The van der Waals surface area contributed by atoms with E-state index in [4.69, 9.17) is 5.73 Å². The van der Waals surface area contributed by atoms with Gasteiger partial charge in [0.15, 0.2) is 0 Å². The van der Waals surface area contributed by atoms with Gasteiger partial charge in [-0.05, 0) is 36.4 Å². The number of pyridine rings is 1. The molecule has 1 aromatic heterocycles. The summed E-state index contributed by atoms with van der Waals surface area (Å²) >= 11 is 0. The summed E-state index contributed by atoms with van der Waals surface area (Å²) in [4.78, 5) is 15.3. The van der Waals surface area contributed by atoms with Crippen molar-refractivity contribution >= 4 is 54.6 Å². The van der Waals surface area contributed by atoms with Crippen molar-refractivity contribution in [3.63, 3.8) is 0 Å². The molecule has 0 atom stereocenters. The van der Waals surface area contributed by atoms with E-state index in [0.717, 1.165) is 22.1 Å². The summed E-state index contributed by atoms with van der Waals surface area (Å²) in [6.07, 6.45) is 0. The number of hydrogen-bond donors (Lipinski definition) is 3. The molecule has 31 heavy (non-hydrogen) atoms. The highest BCUT2D eigenvalue weighted by Gasteiger charge is 2.14. The molecular formula is C21H19N5O4S. The zero-order valence-electron chi connectivity index (χ0n) is 16.3. The maximum atomic E-state index is 11.9. The van der Waals surface area contributed by atoms with Crippen LogP contribution in [0.2, 0.25) is 0 Å². The Morgan fingerprint density at radius 3 is 2.32 bits per heavy atom. The van der Waals surface area contributed by atoms with Crippen LogP contribution in [-0.2, 0) is 10.0 Å². The predicted octanol–water partition coefficient (Wildman–Crippen LogP) is 3.74. The highest BCUT2D eigenvalue weighted by Crippen LogP contribution is 2.34. The van der Waals surface area contributed by atoms with Crippen LogP contribution < -0.4 is 15.8 Å². The van der Waals surface area contributed by atoms with Crippen LogP contribution in [0.3, 0.4) is 0 Å². The number of aromatic nitrogens is 1. The summed E-state index contributed by atoms with van der Waals surface area (Å²) in [5.74, 6) is -0.159. The molecule has 4 N–H and O–H groups in total. The minimum Gasteiger partial charge on any atom is -0.354 e. The number of nitrogens with two attached hydrogens (primary N) is 1. The molecule has 0 aliphatic carbocycles. The standard InChI is InChI=1S/C21H19N5O4S/c22-11-12-31(29,30)25-15-7-5-14(6-8-15)23-21-17-3-1-2-4-19(17)24-20-13-16(26(27)28)9-10-18(20)21/h1-10,13,25H,11-12,22H2,(H,23,24). The highest BCUT2D eigenvalue weighted by atomic mass is 32.2. The molecule has 0 unspecified atom stereocenters. The van der Waals surface area contributed by atoms with Crippen molar-refractivity contribution in [3.05, 3.63) is 76.8 Å². The molecule has 0 saturated heterocycles. The van der Waals surface area contributed by atoms with Gasteiger partial charge in [0.05, 0.1) is 27.4 Å². The van der Waals surface area contributed by atoms with Gasteiger partial charge in [-0.15, -0.1) is 0 Å². The van der Waals surface area contributed by atoms with Gasteiger partial charge in [0.1, 0.15) is 0 Å². The lowest BCUT2D eigenvalue weighted by Gasteiger charge is -2.14. The van der Waals surface area contributed by atoms with Gasteiger partial charge in [0.25, 0.3) is 5.69 Å². The Bertz CT molecular complexity index is 1390. The third-order valence-corrected chi connectivity index (χ3v) is 6.01. The normalized spacial score (nSPS) is 11.5. The largest absolute Gasteiger partial charge is 0.354 e. The number of para-hydroxylation sites is 1. The first-order chi connectivity index (χ1) is 14.9. The second-order valence-electron chi connectivity index (χ2n) is 6.87. The fraction of sp³-hybridized carbons (Fsp3) is 0.0952. The van der Waals surface area contributed by atoms with Crippen molar-refractivity contribution in [2.45, 2.75) is 0 Å². The molecule has 4 rings (SSSR count). The first-order valence-corrected chi connectivity index (χ1v) is 11.1. The number of benzene rings is 3. The molecule has 1 heterocycles. The lowest BCUT2D eigenvalue weighted by molar-refractivity contribution is -0.384. The molecule has 0 amide bonds. The topological polar surface area (TPSA) is 140 Å². The zero-order valence-corrected chi connectivity index (χ0v) is 17.1. The molecule has 0 radical (unpaired) electrons.